The van der Waals surface area contributed by atoms with Gasteiger partial charge in [-0.25, -0.2) is 0 Å². The molecule has 2 N–H and O–H groups in total. The van der Waals surface area contributed by atoms with Crippen molar-refractivity contribution in [1.82, 2.24) is 5.32 Å². The van der Waals surface area contributed by atoms with Crippen LogP contribution in [0.1, 0.15) is 51.1 Å². The van der Waals surface area contributed by atoms with Crippen molar-refractivity contribution < 1.29 is 9.90 Å². The van der Waals surface area contributed by atoms with Crippen molar-refractivity contribution in [2.75, 3.05) is 0 Å². The predicted molar refractivity (Wildman–Crippen MR) is 80.5 cm³/mol. The van der Waals surface area contributed by atoms with Crippen molar-refractivity contribution in [3.8, 4) is 0 Å². The minimum atomic E-state index is -0.641. The van der Waals surface area contributed by atoms with E-state index in [0.29, 0.717) is 18.0 Å². The lowest BCUT2D eigenvalue weighted by molar-refractivity contribution is -0.143. The highest BCUT2D eigenvalue weighted by molar-refractivity contribution is 5.70. The molecule has 1 aromatic carbocycles. The van der Waals surface area contributed by atoms with Gasteiger partial charge in [-0.05, 0) is 30.7 Å². The van der Waals surface area contributed by atoms with Gasteiger partial charge in [-0.3, -0.25) is 4.79 Å². The normalized spacial score (nSPS) is 24.6. The lowest BCUT2D eigenvalue weighted by atomic mass is 9.84. The van der Waals surface area contributed by atoms with Gasteiger partial charge in [0.15, 0.2) is 0 Å². The Labute approximate surface area is 121 Å². The first-order valence-corrected chi connectivity index (χ1v) is 7.61. The SMILES string of the molecule is CC(C)C(NC1CCCC(C(=O)O)C1)c1ccccc1. The Balaban J connectivity index is 2.03. The van der Waals surface area contributed by atoms with Crippen LogP contribution in [0, 0.1) is 11.8 Å². The Morgan fingerprint density at radius 3 is 2.55 bits per heavy atom. The van der Waals surface area contributed by atoms with E-state index in [-0.39, 0.29) is 5.92 Å². The van der Waals surface area contributed by atoms with Gasteiger partial charge < -0.3 is 10.4 Å². The molecule has 0 heterocycles. The van der Waals surface area contributed by atoms with Gasteiger partial charge in [0.05, 0.1) is 5.92 Å². The average Bonchev–Trinajstić information content (AvgIpc) is 2.45. The van der Waals surface area contributed by atoms with Crippen LogP contribution in [0.3, 0.4) is 0 Å². The van der Waals surface area contributed by atoms with Gasteiger partial charge in [0.2, 0.25) is 0 Å². The van der Waals surface area contributed by atoms with E-state index in [1.54, 1.807) is 0 Å². The van der Waals surface area contributed by atoms with Crippen LogP contribution in [0.25, 0.3) is 0 Å². The Hall–Kier alpha value is -1.35. The van der Waals surface area contributed by atoms with Crippen LogP contribution in [0.4, 0.5) is 0 Å². The van der Waals surface area contributed by atoms with E-state index < -0.39 is 5.97 Å². The van der Waals surface area contributed by atoms with Gasteiger partial charge in [0, 0.05) is 12.1 Å². The second-order valence-electron chi connectivity index (χ2n) is 6.20. The standard InChI is InChI=1S/C17H25NO2/c1-12(2)16(13-7-4-3-5-8-13)18-15-10-6-9-14(11-15)17(19)20/h3-5,7-8,12,14-16,18H,6,9-11H2,1-2H3,(H,19,20). The molecule has 3 nitrogen and oxygen atoms in total. The Bertz CT molecular complexity index is 430. The largest absolute Gasteiger partial charge is 0.481 e. The summed E-state index contributed by atoms with van der Waals surface area (Å²) in [5.41, 5.74) is 1.29. The van der Waals surface area contributed by atoms with Gasteiger partial charge in [0.25, 0.3) is 0 Å². The van der Waals surface area contributed by atoms with Crippen molar-refractivity contribution in [2.45, 2.75) is 51.6 Å². The summed E-state index contributed by atoms with van der Waals surface area (Å²) in [6.45, 7) is 4.42. The van der Waals surface area contributed by atoms with Gasteiger partial charge in [-0.2, -0.15) is 0 Å². The Morgan fingerprint density at radius 2 is 1.95 bits per heavy atom. The van der Waals surface area contributed by atoms with Gasteiger partial charge in [-0.15, -0.1) is 0 Å². The smallest absolute Gasteiger partial charge is 0.306 e. The lowest BCUT2D eigenvalue weighted by Crippen LogP contribution is -2.40. The molecule has 0 aliphatic heterocycles. The first-order valence-electron chi connectivity index (χ1n) is 7.61. The Kier molecular flexibility index (Phi) is 5.18. The lowest BCUT2D eigenvalue weighted by Gasteiger charge is -2.33. The molecule has 3 atom stereocenters. The summed E-state index contributed by atoms with van der Waals surface area (Å²) in [6.07, 6.45) is 3.67. The third-order valence-corrected chi connectivity index (χ3v) is 4.26. The number of carboxylic acid groups (broad SMARTS) is 1. The quantitative estimate of drug-likeness (QED) is 0.863. The van der Waals surface area contributed by atoms with Crippen LogP contribution in [0.5, 0.6) is 0 Å². The monoisotopic (exact) mass is 275 g/mol. The fourth-order valence-electron chi connectivity index (χ4n) is 3.15. The van der Waals surface area contributed by atoms with E-state index in [4.69, 9.17) is 0 Å². The first kappa shape index (κ1) is 15.0. The fourth-order valence-corrected chi connectivity index (χ4v) is 3.15. The summed E-state index contributed by atoms with van der Waals surface area (Å²) in [4.78, 5) is 11.2. The highest BCUT2D eigenvalue weighted by Crippen LogP contribution is 2.29. The molecule has 0 amide bonds. The van der Waals surface area contributed by atoms with Crippen LogP contribution in [-0.2, 0) is 4.79 Å². The van der Waals surface area contributed by atoms with Gasteiger partial charge in [0.1, 0.15) is 0 Å². The molecule has 1 saturated carbocycles. The molecular formula is C17H25NO2. The molecule has 1 aliphatic rings. The Morgan fingerprint density at radius 1 is 1.25 bits per heavy atom. The summed E-state index contributed by atoms with van der Waals surface area (Å²) >= 11 is 0. The van der Waals surface area contributed by atoms with Crippen molar-refractivity contribution in [2.24, 2.45) is 11.8 Å². The minimum absolute atomic E-state index is 0.176. The number of nitrogens with one attached hydrogen (secondary N) is 1. The highest BCUT2D eigenvalue weighted by atomic mass is 16.4. The summed E-state index contributed by atoms with van der Waals surface area (Å²) in [7, 11) is 0. The van der Waals surface area contributed by atoms with E-state index in [9.17, 15) is 9.90 Å². The molecule has 0 spiro atoms. The maximum Gasteiger partial charge on any atom is 0.306 e. The minimum Gasteiger partial charge on any atom is -0.481 e. The number of rotatable bonds is 5. The number of benzene rings is 1. The summed E-state index contributed by atoms with van der Waals surface area (Å²) in [6, 6.07) is 11.1. The molecule has 3 heteroatoms. The number of hydrogen-bond acceptors (Lipinski definition) is 2. The molecule has 1 fully saturated rings. The topological polar surface area (TPSA) is 49.3 Å². The van der Waals surface area contributed by atoms with Crippen molar-refractivity contribution in [3.05, 3.63) is 35.9 Å². The van der Waals surface area contributed by atoms with E-state index >= 15 is 0 Å². The van der Waals surface area contributed by atoms with E-state index in [1.807, 2.05) is 6.07 Å². The highest BCUT2D eigenvalue weighted by Gasteiger charge is 2.29. The van der Waals surface area contributed by atoms with Crippen LogP contribution >= 0.6 is 0 Å². The van der Waals surface area contributed by atoms with Crippen molar-refractivity contribution >= 4 is 5.97 Å². The van der Waals surface area contributed by atoms with Crippen molar-refractivity contribution in [1.29, 1.82) is 0 Å². The zero-order valence-electron chi connectivity index (χ0n) is 12.4. The molecule has 0 radical (unpaired) electrons. The molecule has 2 rings (SSSR count). The van der Waals surface area contributed by atoms with Crippen LogP contribution in [-0.4, -0.2) is 17.1 Å². The van der Waals surface area contributed by atoms with Crippen molar-refractivity contribution in [3.63, 3.8) is 0 Å². The number of carboxylic acids is 1. The maximum atomic E-state index is 11.2. The third kappa shape index (κ3) is 3.83. The molecular weight excluding hydrogens is 250 g/mol. The van der Waals surface area contributed by atoms with Crippen LogP contribution < -0.4 is 5.32 Å². The number of carbonyl (C=O) groups is 1. The predicted octanol–water partition coefficient (Wildman–Crippen LogP) is 3.62. The molecule has 0 saturated heterocycles. The molecule has 1 aromatic rings. The van der Waals surface area contributed by atoms with E-state index in [0.717, 1.165) is 25.7 Å². The first-order chi connectivity index (χ1) is 9.58. The fraction of sp³-hybridized carbons (Fsp3) is 0.588. The molecule has 0 aromatic heterocycles. The summed E-state index contributed by atoms with van der Waals surface area (Å²) in [5.74, 6) is -0.329. The van der Waals surface area contributed by atoms with E-state index in [2.05, 4.69) is 43.4 Å². The second kappa shape index (κ2) is 6.89. The molecule has 0 bridgehead atoms. The zero-order valence-corrected chi connectivity index (χ0v) is 12.4. The summed E-state index contributed by atoms with van der Waals surface area (Å²) < 4.78 is 0. The second-order valence-corrected chi connectivity index (χ2v) is 6.20. The molecule has 20 heavy (non-hydrogen) atoms. The molecule has 1 aliphatic carbocycles. The maximum absolute atomic E-state index is 11.2. The van der Waals surface area contributed by atoms with Crippen LogP contribution in [0.2, 0.25) is 0 Å². The number of hydrogen-bond donors (Lipinski definition) is 2. The van der Waals surface area contributed by atoms with Gasteiger partial charge >= 0.3 is 5.97 Å². The average molecular weight is 275 g/mol. The summed E-state index contributed by atoms with van der Waals surface area (Å²) in [5, 5.41) is 12.9. The molecule has 3 unspecified atom stereocenters. The third-order valence-electron chi connectivity index (χ3n) is 4.26. The van der Waals surface area contributed by atoms with Gasteiger partial charge in [-0.1, -0.05) is 50.6 Å². The number of aliphatic carboxylic acids is 1. The zero-order chi connectivity index (χ0) is 14.5. The van der Waals surface area contributed by atoms with Crippen LogP contribution in [0.15, 0.2) is 30.3 Å². The van der Waals surface area contributed by atoms with E-state index in [1.165, 1.54) is 5.56 Å². The molecule has 110 valence electrons.